The van der Waals surface area contributed by atoms with E-state index in [1.807, 2.05) is 40.0 Å². The van der Waals surface area contributed by atoms with Crippen molar-refractivity contribution in [3.05, 3.63) is 65.7 Å². The number of carbonyl (C=O) groups is 1. The van der Waals surface area contributed by atoms with Gasteiger partial charge in [-0.3, -0.25) is 9.78 Å². The summed E-state index contributed by atoms with van der Waals surface area (Å²) in [6.45, 7) is 12.3. The van der Waals surface area contributed by atoms with Crippen LogP contribution in [0.1, 0.15) is 64.6 Å². The van der Waals surface area contributed by atoms with Crippen molar-refractivity contribution in [2.24, 2.45) is 11.8 Å². The zero-order valence-corrected chi connectivity index (χ0v) is 26.2. The minimum Gasteiger partial charge on any atom is -0.512 e. The molecule has 1 aliphatic rings. The van der Waals surface area contributed by atoms with Crippen LogP contribution in [0.15, 0.2) is 58.3 Å². The summed E-state index contributed by atoms with van der Waals surface area (Å²) >= 11 is 1.78. The molecule has 5 rings (SSSR count). The first-order valence-corrected chi connectivity index (χ1v) is 14.1. The molecule has 5 nitrogen and oxygen atoms in total. The summed E-state index contributed by atoms with van der Waals surface area (Å²) < 4.78 is 2.15. The van der Waals surface area contributed by atoms with Gasteiger partial charge in [-0.05, 0) is 43.6 Å². The van der Waals surface area contributed by atoms with Gasteiger partial charge >= 0.3 is 0 Å². The standard InChI is InChI=1S/C18H12N3S.C13H24O2.Ir/c1-10-13-6-4-3-5-12(13)9-14-16(10)22-18-11(2)20-15-7-8-19-17(14)21(15)18;1-5-10(6-2)12(14)9-13(15)11(7-3)8-4;/h3-8H,1-2H3;9-11,14H,5-8H2,1-4H3;/q-1;;/b;12-9-;. The zero-order chi connectivity index (χ0) is 26.7. The second-order valence-corrected chi connectivity index (χ2v) is 10.6. The van der Waals surface area contributed by atoms with E-state index in [1.165, 1.54) is 21.9 Å². The second kappa shape index (κ2) is 13.1. The molecule has 2 aromatic heterocycles. The van der Waals surface area contributed by atoms with Crippen molar-refractivity contribution in [2.75, 3.05) is 0 Å². The molecule has 0 atom stereocenters. The van der Waals surface area contributed by atoms with Crippen LogP contribution < -0.4 is 0 Å². The van der Waals surface area contributed by atoms with Gasteiger partial charge in [0.25, 0.3) is 0 Å². The summed E-state index contributed by atoms with van der Waals surface area (Å²) in [5.41, 5.74) is 4.38. The minimum absolute atomic E-state index is 0. The van der Waals surface area contributed by atoms with Crippen molar-refractivity contribution in [1.29, 1.82) is 0 Å². The van der Waals surface area contributed by atoms with Gasteiger partial charge in [-0.25, -0.2) is 4.98 Å². The van der Waals surface area contributed by atoms with Crippen LogP contribution in [0.25, 0.3) is 27.8 Å². The fourth-order valence-electron chi connectivity index (χ4n) is 4.96. The van der Waals surface area contributed by atoms with Crippen molar-refractivity contribution in [2.45, 2.75) is 77.1 Å². The molecule has 0 fully saturated rings. The van der Waals surface area contributed by atoms with Crippen LogP contribution in [-0.2, 0) is 24.9 Å². The first kappa shape index (κ1) is 30.1. The van der Waals surface area contributed by atoms with E-state index in [-0.39, 0.29) is 43.5 Å². The van der Waals surface area contributed by atoms with Crippen molar-refractivity contribution >= 4 is 34.0 Å². The molecule has 7 heteroatoms. The maximum absolute atomic E-state index is 11.7. The van der Waals surface area contributed by atoms with Gasteiger partial charge in [-0.2, -0.15) is 0 Å². The Morgan fingerprint density at radius 2 is 1.71 bits per heavy atom. The Kier molecular flexibility index (Phi) is 10.3. The summed E-state index contributed by atoms with van der Waals surface area (Å²) in [5.74, 6) is 1.49. The summed E-state index contributed by atoms with van der Waals surface area (Å²) in [7, 11) is 0. The molecule has 2 aromatic carbocycles. The number of allylic oxidation sites excluding steroid dienone is 2. The molecule has 0 unspecified atom stereocenters. The van der Waals surface area contributed by atoms with Gasteiger partial charge in [0, 0.05) is 44.2 Å². The zero-order valence-electron chi connectivity index (χ0n) is 23.0. The number of hydrogen-bond donors (Lipinski definition) is 1. The van der Waals surface area contributed by atoms with Gasteiger partial charge in [-0.1, -0.05) is 69.3 Å². The van der Waals surface area contributed by atoms with E-state index < -0.39 is 0 Å². The molecule has 4 aromatic rings. The van der Waals surface area contributed by atoms with Gasteiger partial charge in [0.2, 0.25) is 0 Å². The molecule has 38 heavy (non-hydrogen) atoms. The average Bonchev–Trinajstić information content (AvgIpc) is 3.23. The molecule has 203 valence electrons. The first-order valence-electron chi connectivity index (χ1n) is 13.3. The number of rotatable bonds is 7. The average molecular weight is 707 g/mol. The van der Waals surface area contributed by atoms with E-state index in [2.05, 4.69) is 58.5 Å². The van der Waals surface area contributed by atoms with Crippen LogP contribution in [0, 0.1) is 31.7 Å². The van der Waals surface area contributed by atoms with Crippen molar-refractivity contribution in [3.8, 4) is 11.4 Å². The molecular formula is C31H36IrN3O2S-. The molecule has 0 bridgehead atoms. The van der Waals surface area contributed by atoms with Crippen LogP contribution in [0.5, 0.6) is 0 Å². The molecule has 0 amide bonds. The normalized spacial score (nSPS) is 12.4. The number of aliphatic hydroxyl groups is 1. The molecule has 0 saturated carbocycles. The van der Waals surface area contributed by atoms with Crippen LogP contribution in [0.3, 0.4) is 0 Å². The summed E-state index contributed by atoms with van der Waals surface area (Å²) in [6, 6.07) is 13.9. The quantitative estimate of drug-likeness (QED) is 0.105. The van der Waals surface area contributed by atoms with Gasteiger partial charge in [0.1, 0.15) is 5.65 Å². The molecule has 0 spiro atoms. The monoisotopic (exact) mass is 707 g/mol. The summed E-state index contributed by atoms with van der Waals surface area (Å²) in [4.78, 5) is 22.2. The Hall–Kier alpha value is -2.47. The predicted octanol–water partition coefficient (Wildman–Crippen LogP) is 8.30. The fraction of sp³-hybridized carbons (Fsp3) is 0.387. The number of imidazole rings is 1. The van der Waals surface area contributed by atoms with Crippen LogP contribution in [-0.4, -0.2) is 25.3 Å². The Morgan fingerprint density at radius 1 is 1.05 bits per heavy atom. The molecule has 1 radical (unpaired) electrons. The maximum atomic E-state index is 11.7. The Morgan fingerprint density at radius 3 is 2.37 bits per heavy atom. The smallest absolute Gasteiger partial charge is 0.162 e. The van der Waals surface area contributed by atoms with Crippen LogP contribution in [0.4, 0.5) is 0 Å². The summed E-state index contributed by atoms with van der Waals surface area (Å²) in [5, 5.41) is 13.3. The third-order valence-electron chi connectivity index (χ3n) is 7.32. The van der Waals surface area contributed by atoms with Gasteiger partial charge in [0.15, 0.2) is 5.78 Å². The van der Waals surface area contributed by atoms with E-state index in [4.69, 9.17) is 0 Å². The van der Waals surface area contributed by atoms with E-state index in [9.17, 15) is 9.90 Å². The number of fused-ring (bicyclic) bond motifs is 3. The maximum Gasteiger partial charge on any atom is 0.162 e. The largest absolute Gasteiger partial charge is 0.512 e. The van der Waals surface area contributed by atoms with Crippen LogP contribution >= 0.6 is 11.8 Å². The van der Waals surface area contributed by atoms with Gasteiger partial charge < -0.3 is 9.51 Å². The van der Waals surface area contributed by atoms with Crippen molar-refractivity contribution in [1.82, 2.24) is 14.4 Å². The fourth-order valence-corrected chi connectivity index (χ4v) is 6.13. The van der Waals surface area contributed by atoms with E-state index in [0.717, 1.165) is 58.8 Å². The van der Waals surface area contributed by atoms with Crippen molar-refractivity contribution in [3.63, 3.8) is 0 Å². The van der Waals surface area contributed by atoms with E-state index >= 15 is 0 Å². The number of aliphatic hydroxyl groups excluding tert-OH is 1. The predicted molar refractivity (Wildman–Crippen MR) is 152 cm³/mol. The van der Waals surface area contributed by atoms with Gasteiger partial charge in [-0.15, -0.1) is 29.3 Å². The third-order valence-corrected chi connectivity index (χ3v) is 8.70. The molecule has 0 aliphatic carbocycles. The molecule has 1 aliphatic heterocycles. The first-order chi connectivity index (χ1) is 17.8. The molecule has 0 saturated heterocycles. The van der Waals surface area contributed by atoms with Gasteiger partial charge in [0.05, 0.1) is 22.3 Å². The Bertz CT molecular complexity index is 1470. The molecule has 3 heterocycles. The topological polar surface area (TPSA) is 67.5 Å². The molecular weight excluding hydrogens is 671 g/mol. The number of hydrogen-bond acceptors (Lipinski definition) is 5. The number of nitrogens with zero attached hydrogens (tertiary/aromatic N) is 3. The number of aryl methyl sites for hydroxylation is 2. The number of aromatic nitrogens is 3. The van der Waals surface area contributed by atoms with E-state index in [1.54, 1.807) is 11.8 Å². The Labute approximate surface area is 243 Å². The van der Waals surface area contributed by atoms with Crippen LogP contribution in [0.2, 0.25) is 0 Å². The number of carbonyl (C=O) groups excluding carboxylic acids is 1. The SMILES string of the molecule is CCC(CC)C(=O)/C=C(\O)C(CC)CC.Cc1nc2ccnc3n2c1Sc1c-3[c-]c2ccccc2c1C.[Ir]. The summed E-state index contributed by atoms with van der Waals surface area (Å²) in [6.07, 6.45) is 6.74. The number of benzene rings is 2. The Balaban J connectivity index is 0.000000223. The third kappa shape index (κ3) is 5.75. The van der Waals surface area contributed by atoms with Crippen molar-refractivity contribution < 1.29 is 30.0 Å². The molecule has 1 N–H and O–H groups in total. The second-order valence-electron chi connectivity index (χ2n) is 9.56. The van der Waals surface area contributed by atoms with E-state index in [0.29, 0.717) is 0 Å². The minimum atomic E-state index is 0. The number of ketones is 1.